The molecule has 0 unspecified atom stereocenters. The Balaban J connectivity index is 2.31. The molecule has 0 saturated heterocycles. The molecule has 0 aliphatic rings. The van der Waals surface area contributed by atoms with Crippen LogP contribution in [0.3, 0.4) is 0 Å². The molecule has 0 atom stereocenters. The Bertz CT molecular complexity index is 545. The summed E-state index contributed by atoms with van der Waals surface area (Å²) in [7, 11) is 1.56. The molecule has 0 fully saturated rings. The lowest BCUT2D eigenvalue weighted by atomic mass is 10.1. The molecule has 1 N–H and O–H groups in total. The number of hydrogen-bond donors (Lipinski definition) is 1. The zero-order chi connectivity index (χ0) is 18.5. The predicted octanol–water partition coefficient (Wildman–Crippen LogP) is 4.03. The van der Waals surface area contributed by atoms with Gasteiger partial charge < -0.3 is 19.6 Å². The topological polar surface area (TPSA) is 52.1 Å². The molecule has 5 nitrogen and oxygen atoms in total. The molecular formula is C20H32N2O3. The smallest absolute Gasteiger partial charge is 0.125 e. The molecule has 0 saturated carbocycles. The highest BCUT2D eigenvalue weighted by molar-refractivity contribution is 5.83. The molecule has 0 heterocycles. The molecule has 0 aliphatic heterocycles. The Morgan fingerprint density at radius 1 is 1.16 bits per heavy atom. The van der Waals surface area contributed by atoms with E-state index in [0.29, 0.717) is 13.2 Å². The lowest BCUT2D eigenvalue weighted by Crippen LogP contribution is -2.22. The van der Waals surface area contributed by atoms with Crippen molar-refractivity contribution >= 4 is 5.71 Å². The van der Waals surface area contributed by atoms with Crippen molar-refractivity contribution < 1.29 is 14.3 Å². The number of ether oxygens (including phenoxy) is 2. The standard InChI is InChI=1S/C20H32N2O3/c1-6-7-11-24-19-13-16(2)20(17(3)14-19)25-12-9-8-10-21-15-18(4)22-23-5/h6-7,13-14,21H,8-12,15H2,1-5H3/b7-6+,22-18?. The fraction of sp³-hybridized carbons (Fsp3) is 0.550. The maximum Gasteiger partial charge on any atom is 0.125 e. The van der Waals surface area contributed by atoms with Crippen LogP contribution in [0.4, 0.5) is 0 Å². The Morgan fingerprint density at radius 2 is 1.88 bits per heavy atom. The van der Waals surface area contributed by atoms with E-state index in [2.05, 4.69) is 24.3 Å². The van der Waals surface area contributed by atoms with Crippen molar-refractivity contribution in [1.82, 2.24) is 5.32 Å². The molecule has 0 amide bonds. The highest BCUT2D eigenvalue weighted by Crippen LogP contribution is 2.28. The van der Waals surface area contributed by atoms with Crippen LogP contribution in [0.5, 0.6) is 11.5 Å². The van der Waals surface area contributed by atoms with Gasteiger partial charge in [0.2, 0.25) is 0 Å². The Kier molecular flexibility index (Phi) is 10.4. The zero-order valence-corrected chi connectivity index (χ0v) is 16.2. The summed E-state index contributed by atoms with van der Waals surface area (Å²) in [5.74, 6) is 1.85. The average molecular weight is 348 g/mol. The number of hydrogen-bond acceptors (Lipinski definition) is 5. The van der Waals surface area contributed by atoms with Crippen LogP contribution < -0.4 is 14.8 Å². The largest absolute Gasteiger partial charge is 0.493 e. The fourth-order valence-electron chi connectivity index (χ4n) is 2.45. The summed E-state index contributed by atoms with van der Waals surface area (Å²) in [5, 5.41) is 7.20. The summed E-state index contributed by atoms with van der Waals surface area (Å²) in [6, 6.07) is 4.07. The second-order valence-corrected chi connectivity index (χ2v) is 6.01. The fourth-order valence-corrected chi connectivity index (χ4v) is 2.45. The number of unbranched alkanes of at least 4 members (excludes halogenated alkanes) is 1. The van der Waals surface area contributed by atoms with Crippen molar-refractivity contribution in [2.75, 3.05) is 33.4 Å². The first kappa shape index (κ1) is 21.0. The molecule has 140 valence electrons. The lowest BCUT2D eigenvalue weighted by molar-refractivity contribution is 0.212. The molecule has 0 bridgehead atoms. The number of oxime groups is 1. The maximum absolute atomic E-state index is 5.97. The number of aryl methyl sites for hydroxylation is 2. The molecule has 0 aromatic heterocycles. The van der Waals surface area contributed by atoms with Gasteiger partial charge in [-0.2, -0.15) is 0 Å². The van der Waals surface area contributed by atoms with E-state index in [1.165, 1.54) is 0 Å². The summed E-state index contributed by atoms with van der Waals surface area (Å²) in [5.41, 5.74) is 3.17. The number of nitrogens with zero attached hydrogens (tertiary/aromatic N) is 1. The van der Waals surface area contributed by atoms with Crippen LogP contribution in [0.15, 0.2) is 29.4 Å². The summed E-state index contributed by atoms with van der Waals surface area (Å²) < 4.78 is 11.7. The molecule has 1 aromatic carbocycles. The van der Waals surface area contributed by atoms with Gasteiger partial charge in [-0.25, -0.2) is 0 Å². The van der Waals surface area contributed by atoms with Crippen molar-refractivity contribution in [3.05, 3.63) is 35.4 Å². The summed E-state index contributed by atoms with van der Waals surface area (Å²) in [4.78, 5) is 4.72. The minimum absolute atomic E-state index is 0.594. The molecule has 0 radical (unpaired) electrons. The highest BCUT2D eigenvalue weighted by Gasteiger charge is 2.07. The van der Waals surface area contributed by atoms with Crippen LogP contribution in [0.1, 0.15) is 37.8 Å². The summed E-state index contributed by atoms with van der Waals surface area (Å²) >= 11 is 0. The number of nitrogens with one attached hydrogen (secondary N) is 1. The van der Waals surface area contributed by atoms with Gasteiger partial charge in [0.15, 0.2) is 0 Å². The third kappa shape index (κ3) is 8.59. The van der Waals surface area contributed by atoms with Crippen molar-refractivity contribution in [3.8, 4) is 11.5 Å². The SMILES string of the molecule is C/C=C/COc1cc(C)c(OCCCCNCC(C)=NOC)c(C)c1. The normalized spacial score (nSPS) is 11.8. The van der Waals surface area contributed by atoms with Crippen LogP contribution in [0, 0.1) is 13.8 Å². The zero-order valence-electron chi connectivity index (χ0n) is 16.2. The number of benzene rings is 1. The third-order valence-corrected chi connectivity index (χ3v) is 3.64. The predicted molar refractivity (Wildman–Crippen MR) is 104 cm³/mol. The minimum atomic E-state index is 0.594. The van der Waals surface area contributed by atoms with Gasteiger partial charge in [-0.3, -0.25) is 0 Å². The van der Waals surface area contributed by atoms with E-state index in [1.54, 1.807) is 7.11 Å². The first-order valence-electron chi connectivity index (χ1n) is 8.83. The van der Waals surface area contributed by atoms with Crippen LogP contribution in [-0.2, 0) is 4.84 Å². The first-order valence-corrected chi connectivity index (χ1v) is 8.83. The molecule has 1 aromatic rings. The van der Waals surface area contributed by atoms with E-state index in [1.807, 2.05) is 38.1 Å². The van der Waals surface area contributed by atoms with E-state index in [0.717, 1.165) is 54.3 Å². The second-order valence-electron chi connectivity index (χ2n) is 6.01. The first-order chi connectivity index (χ1) is 12.1. The maximum atomic E-state index is 5.97. The van der Waals surface area contributed by atoms with Gasteiger partial charge in [0, 0.05) is 6.54 Å². The molecular weight excluding hydrogens is 316 g/mol. The highest BCUT2D eigenvalue weighted by atomic mass is 16.6. The van der Waals surface area contributed by atoms with Crippen molar-refractivity contribution in [2.24, 2.45) is 5.16 Å². The quantitative estimate of drug-likeness (QED) is 0.268. The molecule has 0 aliphatic carbocycles. The molecule has 0 spiro atoms. The molecule has 1 rings (SSSR count). The average Bonchev–Trinajstić information content (AvgIpc) is 2.56. The molecule has 5 heteroatoms. The van der Waals surface area contributed by atoms with Crippen LogP contribution in [0.25, 0.3) is 0 Å². The Morgan fingerprint density at radius 3 is 2.52 bits per heavy atom. The number of allylic oxidation sites excluding steroid dienone is 1. The van der Waals surface area contributed by atoms with E-state index in [9.17, 15) is 0 Å². The monoisotopic (exact) mass is 348 g/mol. The van der Waals surface area contributed by atoms with E-state index >= 15 is 0 Å². The van der Waals surface area contributed by atoms with Gasteiger partial charge in [0.1, 0.15) is 25.2 Å². The van der Waals surface area contributed by atoms with Crippen LogP contribution in [-0.4, -0.2) is 39.1 Å². The minimum Gasteiger partial charge on any atom is -0.493 e. The number of rotatable bonds is 12. The van der Waals surface area contributed by atoms with E-state index < -0.39 is 0 Å². The van der Waals surface area contributed by atoms with Gasteiger partial charge in [-0.15, -0.1) is 0 Å². The summed E-state index contributed by atoms with van der Waals surface area (Å²) in [6.45, 7) is 11.0. The van der Waals surface area contributed by atoms with Crippen LogP contribution in [0.2, 0.25) is 0 Å². The summed E-state index contributed by atoms with van der Waals surface area (Å²) in [6.07, 6.45) is 6.04. The van der Waals surface area contributed by atoms with E-state index in [-0.39, 0.29) is 0 Å². The van der Waals surface area contributed by atoms with Crippen molar-refractivity contribution in [3.63, 3.8) is 0 Å². The third-order valence-electron chi connectivity index (χ3n) is 3.64. The lowest BCUT2D eigenvalue weighted by Gasteiger charge is -2.14. The van der Waals surface area contributed by atoms with Gasteiger partial charge in [-0.05, 0) is 70.3 Å². The van der Waals surface area contributed by atoms with Gasteiger partial charge in [0.05, 0.1) is 12.3 Å². The van der Waals surface area contributed by atoms with Gasteiger partial charge in [0.25, 0.3) is 0 Å². The van der Waals surface area contributed by atoms with Crippen molar-refractivity contribution in [1.29, 1.82) is 0 Å². The van der Waals surface area contributed by atoms with Gasteiger partial charge in [-0.1, -0.05) is 17.3 Å². The van der Waals surface area contributed by atoms with Gasteiger partial charge >= 0.3 is 0 Å². The van der Waals surface area contributed by atoms with Crippen LogP contribution >= 0.6 is 0 Å². The Labute approximate surface area is 152 Å². The van der Waals surface area contributed by atoms with Crippen molar-refractivity contribution in [2.45, 2.75) is 40.5 Å². The second kappa shape index (κ2) is 12.4. The Hall–Kier alpha value is -2.01. The van der Waals surface area contributed by atoms with E-state index in [4.69, 9.17) is 14.3 Å². The molecule has 25 heavy (non-hydrogen) atoms.